The van der Waals surface area contributed by atoms with Gasteiger partial charge in [-0.3, -0.25) is 14.9 Å². The molecular formula is C14H17NO4. The number of hydrogen-bond donors (Lipinski definition) is 3. The van der Waals surface area contributed by atoms with E-state index in [-0.39, 0.29) is 23.1 Å². The first-order valence-electron chi connectivity index (χ1n) is 6.45. The number of phenolic OH excluding ortho intramolecular Hbond substituents is 2. The largest absolute Gasteiger partial charge is 0.504 e. The van der Waals surface area contributed by atoms with Crippen LogP contribution < -0.4 is 5.32 Å². The first kappa shape index (κ1) is 13.4. The maximum Gasteiger partial charge on any atom is 0.261 e. The average Bonchev–Trinajstić information content (AvgIpc) is 2.42. The minimum absolute atomic E-state index is 0.0934. The number of benzene rings is 1. The summed E-state index contributed by atoms with van der Waals surface area (Å²) in [5.74, 6) is -1.98. The number of aromatic hydroxyl groups is 2. The first-order valence-corrected chi connectivity index (χ1v) is 6.45. The zero-order valence-electron chi connectivity index (χ0n) is 10.6. The van der Waals surface area contributed by atoms with Gasteiger partial charge in [-0.15, -0.1) is 0 Å². The third-order valence-electron chi connectivity index (χ3n) is 3.47. The van der Waals surface area contributed by atoms with E-state index in [1.165, 1.54) is 18.2 Å². The summed E-state index contributed by atoms with van der Waals surface area (Å²) >= 11 is 0. The molecule has 2 rings (SSSR count). The van der Waals surface area contributed by atoms with E-state index in [4.69, 9.17) is 0 Å². The molecule has 0 aromatic heterocycles. The van der Waals surface area contributed by atoms with E-state index < -0.39 is 11.7 Å². The fourth-order valence-electron chi connectivity index (χ4n) is 2.36. The number of imide groups is 1. The number of rotatable bonds is 2. The summed E-state index contributed by atoms with van der Waals surface area (Å²) in [6.07, 6.45) is 4.73. The van der Waals surface area contributed by atoms with E-state index in [2.05, 4.69) is 5.32 Å². The summed E-state index contributed by atoms with van der Waals surface area (Å²) in [6.45, 7) is 0. The number of nitrogens with one attached hydrogen (secondary N) is 1. The topological polar surface area (TPSA) is 86.6 Å². The van der Waals surface area contributed by atoms with Crippen LogP contribution >= 0.6 is 0 Å². The number of carbonyl (C=O) groups excluding carboxylic acids is 2. The van der Waals surface area contributed by atoms with Gasteiger partial charge in [0.15, 0.2) is 11.5 Å². The molecule has 0 unspecified atom stereocenters. The maximum atomic E-state index is 11.9. The van der Waals surface area contributed by atoms with Crippen LogP contribution in [0, 0.1) is 5.92 Å². The number of para-hydroxylation sites is 1. The molecule has 102 valence electrons. The van der Waals surface area contributed by atoms with Gasteiger partial charge in [0.25, 0.3) is 5.91 Å². The molecule has 1 aromatic rings. The lowest BCUT2D eigenvalue weighted by molar-refractivity contribution is -0.124. The molecule has 0 bridgehead atoms. The Morgan fingerprint density at radius 2 is 1.79 bits per heavy atom. The summed E-state index contributed by atoms with van der Waals surface area (Å²) < 4.78 is 0. The van der Waals surface area contributed by atoms with Gasteiger partial charge in [-0.05, 0) is 25.0 Å². The minimum Gasteiger partial charge on any atom is -0.504 e. The molecule has 2 amide bonds. The van der Waals surface area contributed by atoms with E-state index >= 15 is 0 Å². The van der Waals surface area contributed by atoms with E-state index in [0.717, 1.165) is 32.1 Å². The number of hydrogen-bond acceptors (Lipinski definition) is 4. The Morgan fingerprint density at radius 3 is 2.47 bits per heavy atom. The van der Waals surface area contributed by atoms with Gasteiger partial charge < -0.3 is 10.2 Å². The highest BCUT2D eigenvalue weighted by Gasteiger charge is 2.24. The Bertz CT molecular complexity index is 492. The van der Waals surface area contributed by atoms with Gasteiger partial charge >= 0.3 is 0 Å². The van der Waals surface area contributed by atoms with E-state index in [1.54, 1.807) is 0 Å². The van der Waals surface area contributed by atoms with Gasteiger partial charge in [0, 0.05) is 5.92 Å². The Labute approximate surface area is 111 Å². The molecule has 1 aromatic carbocycles. The van der Waals surface area contributed by atoms with Gasteiger partial charge in [-0.25, -0.2) is 0 Å². The van der Waals surface area contributed by atoms with Crippen LogP contribution in [0.25, 0.3) is 0 Å². The molecule has 0 radical (unpaired) electrons. The standard InChI is InChI=1S/C14H17NO4/c16-11-8-4-7-10(12(11)17)14(19)15-13(18)9-5-2-1-3-6-9/h4,7-9,16-17H,1-3,5-6H2,(H,15,18,19). The van der Waals surface area contributed by atoms with Crippen LogP contribution in [0.4, 0.5) is 0 Å². The highest BCUT2D eigenvalue weighted by atomic mass is 16.3. The Balaban J connectivity index is 2.04. The molecule has 1 saturated carbocycles. The lowest BCUT2D eigenvalue weighted by Crippen LogP contribution is -2.36. The van der Waals surface area contributed by atoms with Crippen molar-refractivity contribution in [2.45, 2.75) is 32.1 Å². The van der Waals surface area contributed by atoms with Gasteiger partial charge in [0.1, 0.15) is 0 Å². The van der Waals surface area contributed by atoms with Crippen molar-refractivity contribution in [1.29, 1.82) is 0 Å². The highest BCUT2D eigenvalue weighted by Crippen LogP contribution is 2.28. The van der Waals surface area contributed by atoms with Crippen LogP contribution in [-0.4, -0.2) is 22.0 Å². The molecule has 0 aliphatic heterocycles. The van der Waals surface area contributed by atoms with Crippen molar-refractivity contribution in [3.05, 3.63) is 23.8 Å². The SMILES string of the molecule is O=C(NC(=O)C1CCCCC1)c1cccc(O)c1O. The minimum atomic E-state index is -0.677. The summed E-state index contributed by atoms with van der Waals surface area (Å²) in [6, 6.07) is 4.07. The van der Waals surface area contributed by atoms with Crippen molar-refractivity contribution in [1.82, 2.24) is 5.32 Å². The second kappa shape index (κ2) is 5.73. The molecular weight excluding hydrogens is 246 g/mol. The second-order valence-corrected chi connectivity index (χ2v) is 4.83. The molecule has 3 N–H and O–H groups in total. The molecule has 0 atom stereocenters. The lowest BCUT2D eigenvalue weighted by atomic mass is 9.88. The first-order chi connectivity index (χ1) is 9.09. The normalized spacial score (nSPS) is 16.0. The Kier molecular flexibility index (Phi) is 4.04. The molecule has 5 nitrogen and oxygen atoms in total. The monoisotopic (exact) mass is 263 g/mol. The van der Waals surface area contributed by atoms with Crippen LogP contribution in [0.1, 0.15) is 42.5 Å². The second-order valence-electron chi connectivity index (χ2n) is 4.83. The highest BCUT2D eigenvalue weighted by molar-refractivity contribution is 6.07. The Morgan fingerprint density at radius 1 is 1.11 bits per heavy atom. The van der Waals surface area contributed by atoms with Crippen LogP contribution in [-0.2, 0) is 4.79 Å². The van der Waals surface area contributed by atoms with Crippen LogP contribution in [0.2, 0.25) is 0 Å². The third-order valence-corrected chi connectivity index (χ3v) is 3.47. The number of phenols is 2. The maximum absolute atomic E-state index is 11.9. The van der Waals surface area contributed by atoms with Crippen molar-refractivity contribution in [3.8, 4) is 11.5 Å². The molecule has 1 aliphatic carbocycles. The molecule has 1 aliphatic rings. The zero-order chi connectivity index (χ0) is 13.8. The smallest absolute Gasteiger partial charge is 0.261 e. The van der Waals surface area contributed by atoms with Crippen LogP contribution in [0.3, 0.4) is 0 Å². The van der Waals surface area contributed by atoms with Crippen molar-refractivity contribution >= 4 is 11.8 Å². The van der Waals surface area contributed by atoms with Gasteiger partial charge in [-0.1, -0.05) is 25.3 Å². The molecule has 0 spiro atoms. The summed E-state index contributed by atoms with van der Waals surface area (Å²) in [4.78, 5) is 23.8. The summed E-state index contributed by atoms with van der Waals surface area (Å²) in [5.41, 5.74) is -0.0934. The predicted octanol–water partition coefficient (Wildman–Crippen LogP) is 1.93. The quantitative estimate of drug-likeness (QED) is 0.562. The van der Waals surface area contributed by atoms with Gasteiger partial charge in [-0.2, -0.15) is 0 Å². The van der Waals surface area contributed by atoms with Gasteiger partial charge in [0.05, 0.1) is 5.56 Å². The lowest BCUT2D eigenvalue weighted by Gasteiger charge is -2.20. The van der Waals surface area contributed by atoms with Crippen molar-refractivity contribution < 1.29 is 19.8 Å². The number of amides is 2. The number of carbonyl (C=O) groups is 2. The fraction of sp³-hybridized carbons (Fsp3) is 0.429. The zero-order valence-corrected chi connectivity index (χ0v) is 10.6. The van der Waals surface area contributed by atoms with Crippen molar-refractivity contribution in [2.75, 3.05) is 0 Å². The molecule has 1 fully saturated rings. The van der Waals surface area contributed by atoms with E-state index in [1.807, 2.05) is 0 Å². The molecule has 5 heteroatoms. The van der Waals surface area contributed by atoms with Crippen molar-refractivity contribution in [3.63, 3.8) is 0 Å². The van der Waals surface area contributed by atoms with Crippen molar-refractivity contribution in [2.24, 2.45) is 5.92 Å². The fourth-order valence-corrected chi connectivity index (χ4v) is 2.36. The molecule has 19 heavy (non-hydrogen) atoms. The Hall–Kier alpha value is -2.04. The van der Waals surface area contributed by atoms with Crippen LogP contribution in [0.5, 0.6) is 11.5 Å². The van der Waals surface area contributed by atoms with Crippen LogP contribution in [0.15, 0.2) is 18.2 Å². The average molecular weight is 263 g/mol. The van der Waals surface area contributed by atoms with E-state index in [9.17, 15) is 19.8 Å². The van der Waals surface area contributed by atoms with E-state index in [0.29, 0.717) is 0 Å². The third kappa shape index (κ3) is 3.05. The van der Waals surface area contributed by atoms with Gasteiger partial charge in [0.2, 0.25) is 5.91 Å². The molecule has 0 saturated heterocycles. The summed E-state index contributed by atoms with van der Waals surface area (Å²) in [5, 5.41) is 21.2. The summed E-state index contributed by atoms with van der Waals surface area (Å²) in [7, 11) is 0. The predicted molar refractivity (Wildman–Crippen MR) is 68.8 cm³/mol. The molecule has 0 heterocycles.